The topological polar surface area (TPSA) is 82.6 Å². The van der Waals surface area contributed by atoms with Gasteiger partial charge < -0.3 is 9.47 Å². The van der Waals surface area contributed by atoms with Crippen molar-refractivity contribution in [1.82, 2.24) is 15.4 Å². The summed E-state index contributed by atoms with van der Waals surface area (Å²) in [6, 6.07) is 9.52. The highest BCUT2D eigenvalue weighted by Gasteiger charge is 2.10. The number of rotatable bonds is 8. The summed E-state index contributed by atoms with van der Waals surface area (Å²) in [6.45, 7) is 2.26. The predicted octanol–water partition coefficient (Wildman–Crippen LogP) is 3.55. The number of aromatic nitrogens is 2. The second-order valence-electron chi connectivity index (χ2n) is 5.96. The molecule has 0 atom stereocenters. The number of hydrogen-bond acceptors (Lipinski definition) is 6. The fraction of sp³-hybridized carbons (Fsp3) is 0.190. The number of benzene rings is 1. The molecule has 0 aliphatic carbocycles. The molecule has 8 heteroatoms. The van der Waals surface area contributed by atoms with E-state index in [1.165, 1.54) is 31.5 Å². The Labute approximate surface area is 167 Å². The summed E-state index contributed by atoms with van der Waals surface area (Å²) in [6.07, 6.45) is 4.68. The number of carbonyl (C=O) groups excluding carboxylic acids is 1. The van der Waals surface area contributed by atoms with Crippen LogP contribution in [0.2, 0.25) is 0 Å². The SMILES string of the molecule is CCOc1ccc(-c2cncc(C(=O)NOCc3cc(OC)ccc3F)c2)cn1. The van der Waals surface area contributed by atoms with E-state index in [-0.39, 0.29) is 12.2 Å². The predicted molar refractivity (Wildman–Crippen MR) is 104 cm³/mol. The van der Waals surface area contributed by atoms with E-state index in [0.717, 1.165) is 5.56 Å². The van der Waals surface area contributed by atoms with Gasteiger partial charge in [-0.25, -0.2) is 14.9 Å². The lowest BCUT2D eigenvalue weighted by molar-refractivity contribution is 0.0223. The van der Waals surface area contributed by atoms with Crippen LogP contribution in [0.3, 0.4) is 0 Å². The highest BCUT2D eigenvalue weighted by atomic mass is 19.1. The van der Waals surface area contributed by atoms with E-state index in [1.54, 1.807) is 24.5 Å². The Bertz CT molecular complexity index is 980. The van der Waals surface area contributed by atoms with Crippen molar-refractivity contribution < 1.29 is 23.5 Å². The van der Waals surface area contributed by atoms with Crippen LogP contribution in [0.4, 0.5) is 4.39 Å². The van der Waals surface area contributed by atoms with E-state index in [1.807, 2.05) is 13.0 Å². The summed E-state index contributed by atoms with van der Waals surface area (Å²) in [4.78, 5) is 25.8. The fourth-order valence-corrected chi connectivity index (χ4v) is 2.53. The monoisotopic (exact) mass is 397 g/mol. The van der Waals surface area contributed by atoms with E-state index in [0.29, 0.717) is 29.4 Å². The van der Waals surface area contributed by atoms with Crippen LogP contribution in [0.15, 0.2) is 55.0 Å². The molecule has 2 heterocycles. The molecule has 150 valence electrons. The van der Waals surface area contributed by atoms with Crippen molar-refractivity contribution in [1.29, 1.82) is 0 Å². The molecule has 1 aromatic carbocycles. The maximum atomic E-state index is 13.8. The Balaban J connectivity index is 1.63. The van der Waals surface area contributed by atoms with Crippen LogP contribution >= 0.6 is 0 Å². The number of hydroxylamine groups is 1. The van der Waals surface area contributed by atoms with Crippen molar-refractivity contribution in [2.75, 3.05) is 13.7 Å². The van der Waals surface area contributed by atoms with Crippen molar-refractivity contribution in [2.45, 2.75) is 13.5 Å². The van der Waals surface area contributed by atoms with Gasteiger partial charge in [0, 0.05) is 41.3 Å². The average molecular weight is 397 g/mol. The highest BCUT2D eigenvalue weighted by molar-refractivity contribution is 5.94. The lowest BCUT2D eigenvalue weighted by atomic mass is 10.1. The third-order valence-corrected chi connectivity index (χ3v) is 4.01. The van der Waals surface area contributed by atoms with Crippen molar-refractivity contribution in [3.8, 4) is 22.8 Å². The molecular weight excluding hydrogens is 377 g/mol. The standard InChI is InChI=1S/C21H20FN3O4/c1-3-28-20-7-4-14(12-24-20)15-8-16(11-23-10-15)21(26)25-29-13-17-9-18(27-2)5-6-19(17)22/h4-12H,3,13H2,1-2H3,(H,25,26). The van der Waals surface area contributed by atoms with Crippen molar-refractivity contribution in [3.63, 3.8) is 0 Å². The van der Waals surface area contributed by atoms with Crippen LogP contribution in [0.1, 0.15) is 22.8 Å². The second kappa shape index (κ2) is 9.61. The number of amides is 1. The van der Waals surface area contributed by atoms with Crippen LogP contribution < -0.4 is 15.0 Å². The lowest BCUT2D eigenvalue weighted by Gasteiger charge is -2.09. The first-order valence-corrected chi connectivity index (χ1v) is 8.89. The molecule has 0 aliphatic heterocycles. The zero-order valence-corrected chi connectivity index (χ0v) is 16.0. The van der Waals surface area contributed by atoms with Gasteiger partial charge in [0.25, 0.3) is 5.91 Å². The van der Waals surface area contributed by atoms with Crippen LogP contribution in [0, 0.1) is 5.82 Å². The van der Waals surface area contributed by atoms with Gasteiger partial charge >= 0.3 is 0 Å². The van der Waals surface area contributed by atoms with Crippen LogP contribution in [0.5, 0.6) is 11.6 Å². The fourth-order valence-electron chi connectivity index (χ4n) is 2.53. The minimum absolute atomic E-state index is 0.148. The first-order valence-electron chi connectivity index (χ1n) is 8.89. The highest BCUT2D eigenvalue weighted by Crippen LogP contribution is 2.21. The van der Waals surface area contributed by atoms with Gasteiger partial charge in [-0.1, -0.05) is 0 Å². The van der Waals surface area contributed by atoms with Gasteiger partial charge in [0.2, 0.25) is 5.88 Å². The maximum absolute atomic E-state index is 13.8. The first-order chi connectivity index (χ1) is 14.1. The molecule has 0 spiro atoms. The minimum Gasteiger partial charge on any atom is -0.497 e. The summed E-state index contributed by atoms with van der Waals surface area (Å²) in [5.74, 6) is 0.0711. The van der Waals surface area contributed by atoms with Gasteiger partial charge in [-0.3, -0.25) is 14.6 Å². The number of nitrogens with one attached hydrogen (secondary N) is 1. The molecule has 1 amide bonds. The molecule has 0 aliphatic rings. The quantitative estimate of drug-likeness (QED) is 0.586. The Kier molecular flexibility index (Phi) is 6.70. The number of hydrogen-bond donors (Lipinski definition) is 1. The van der Waals surface area contributed by atoms with Gasteiger partial charge in [-0.2, -0.15) is 0 Å². The Morgan fingerprint density at radius 1 is 1.10 bits per heavy atom. The number of ether oxygens (including phenoxy) is 2. The van der Waals surface area contributed by atoms with Gasteiger partial charge in [-0.05, 0) is 37.3 Å². The Morgan fingerprint density at radius 2 is 1.97 bits per heavy atom. The number of pyridine rings is 2. The number of methoxy groups -OCH3 is 1. The van der Waals surface area contributed by atoms with E-state index in [9.17, 15) is 9.18 Å². The van der Waals surface area contributed by atoms with Crippen molar-refractivity contribution >= 4 is 5.91 Å². The largest absolute Gasteiger partial charge is 0.497 e. The van der Waals surface area contributed by atoms with Crippen LogP contribution in [-0.2, 0) is 11.4 Å². The first kappa shape index (κ1) is 20.2. The summed E-state index contributed by atoms with van der Waals surface area (Å²) in [5.41, 5.74) is 4.35. The zero-order chi connectivity index (χ0) is 20.6. The van der Waals surface area contributed by atoms with Crippen molar-refractivity contribution in [3.05, 3.63) is 71.9 Å². The maximum Gasteiger partial charge on any atom is 0.276 e. The minimum atomic E-state index is -0.499. The molecule has 0 bridgehead atoms. The van der Waals surface area contributed by atoms with E-state index < -0.39 is 11.7 Å². The third-order valence-electron chi connectivity index (χ3n) is 4.01. The van der Waals surface area contributed by atoms with E-state index in [4.69, 9.17) is 14.3 Å². The summed E-state index contributed by atoms with van der Waals surface area (Å²) in [5, 5.41) is 0. The van der Waals surface area contributed by atoms with E-state index in [2.05, 4.69) is 15.4 Å². The molecule has 0 radical (unpaired) electrons. The molecular formula is C21H20FN3O4. The Hall–Kier alpha value is -3.52. The molecule has 1 N–H and O–H groups in total. The number of halogens is 1. The molecule has 29 heavy (non-hydrogen) atoms. The second-order valence-corrected chi connectivity index (χ2v) is 5.96. The molecule has 3 rings (SSSR count). The molecule has 3 aromatic rings. The van der Waals surface area contributed by atoms with Crippen molar-refractivity contribution in [2.24, 2.45) is 0 Å². The number of nitrogens with zero attached hydrogens (tertiary/aromatic N) is 2. The summed E-state index contributed by atoms with van der Waals surface area (Å²) < 4.78 is 24.2. The molecule has 7 nitrogen and oxygen atoms in total. The molecule has 0 saturated carbocycles. The van der Waals surface area contributed by atoms with E-state index >= 15 is 0 Å². The van der Waals surface area contributed by atoms with Gasteiger partial charge in [-0.15, -0.1) is 0 Å². The van der Waals surface area contributed by atoms with Crippen LogP contribution in [0.25, 0.3) is 11.1 Å². The normalized spacial score (nSPS) is 10.4. The lowest BCUT2D eigenvalue weighted by Crippen LogP contribution is -2.24. The van der Waals surface area contributed by atoms with Gasteiger partial charge in [0.1, 0.15) is 18.2 Å². The summed E-state index contributed by atoms with van der Waals surface area (Å²) in [7, 11) is 1.49. The molecule has 0 fully saturated rings. The van der Waals surface area contributed by atoms with Gasteiger partial charge in [0.15, 0.2) is 0 Å². The van der Waals surface area contributed by atoms with Crippen LogP contribution in [-0.4, -0.2) is 29.6 Å². The molecule has 0 saturated heterocycles. The summed E-state index contributed by atoms with van der Waals surface area (Å²) >= 11 is 0. The molecule has 2 aromatic heterocycles. The Morgan fingerprint density at radius 3 is 2.69 bits per heavy atom. The number of carbonyl (C=O) groups is 1. The smallest absolute Gasteiger partial charge is 0.276 e. The third kappa shape index (κ3) is 5.26. The zero-order valence-electron chi connectivity index (χ0n) is 16.0. The average Bonchev–Trinajstić information content (AvgIpc) is 2.76. The molecule has 0 unspecified atom stereocenters. The van der Waals surface area contributed by atoms with Gasteiger partial charge in [0.05, 0.1) is 19.3 Å².